The lowest BCUT2D eigenvalue weighted by atomic mass is 10.3. The third-order valence-corrected chi connectivity index (χ3v) is 3.69. The molecular weight excluding hydrogens is 362 g/mol. The molecule has 8 heteroatoms. The van der Waals surface area contributed by atoms with Gasteiger partial charge in [0, 0.05) is 22.8 Å². The third-order valence-electron chi connectivity index (χ3n) is 3.46. The van der Waals surface area contributed by atoms with E-state index in [0.717, 1.165) is 12.1 Å². The number of hydrogen-bond donors (Lipinski definition) is 2. The highest BCUT2D eigenvalue weighted by Gasteiger charge is 2.10. The topological polar surface area (TPSA) is 59.1 Å². The molecule has 5 nitrogen and oxygen atoms in total. The Hall–Kier alpha value is -2.93. The van der Waals surface area contributed by atoms with Crippen LogP contribution in [-0.4, -0.2) is 17.1 Å². The highest BCUT2D eigenvalue weighted by Crippen LogP contribution is 2.30. The molecule has 0 bridgehead atoms. The Morgan fingerprint density at radius 1 is 0.962 bits per heavy atom. The summed E-state index contributed by atoms with van der Waals surface area (Å²) >= 11 is 6.02. The lowest BCUT2D eigenvalue weighted by Gasteiger charge is -2.13. The molecule has 0 spiro atoms. The number of aromatic nitrogens is 2. The van der Waals surface area contributed by atoms with Crippen molar-refractivity contribution < 1.29 is 13.5 Å². The van der Waals surface area contributed by atoms with Gasteiger partial charge in [0.25, 0.3) is 0 Å². The fourth-order valence-corrected chi connectivity index (χ4v) is 2.49. The smallest absolute Gasteiger partial charge is 0.229 e. The molecule has 134 valence electrons. The van der Waals surface area contributed by atoms with E-state index in [1.807, 2.05) is 0 Å². The van der Waals surface area contributed by atoms with Gasteiger partial charge in [-0.2, -0.15) is 4.98 Å². The molecule has 0 aliphatic heterocycles. The van der Waals surface area contributed by atoms with Gasteiger partial charge in [-0.3, -0.25) is 0 Å². The van der Waals surface area contributed by atoms with E-state index in [-0.39, 0.29) is 11.6 Å². The lowest BCUT2D eigenvalue weighted by molar-refractivity contribution is 0.417. The summed E-state index contributed by atoms with van der Waals surface area (Å²) in [5.41, 5.74) is 1.34. The zero-order chi connectivity index (χ0) is 18.7. The summed E-state index contributed by atoms with van der Waals surface area (Å²) in [7, 11) is 1.54. The minimum Gasteiger partial charge on any atom is -0.495 e. The molecule has 2 N–H and O–H groups in total. The maximum atomic E-state index is 13.8. The van der Waals surface area contributed by atoms with Crippen LogP contribution in [-0.2, 0) is 0 Å². The van der Waals surface area contributed by atoms with E-state index in [2.05, 4.69) is 20.6 Å². The Morgan fingerprint density at radius 3 is 2.50 bits per heavy atom. The van der Waals surface area contributed by atoms with Crippen LogP contribution in [0.4, 0.5) is 31.9 Å². The number of nitrogens with zero attached hydrogens (tertiary/aromatic N) is 2. The largest absolute Gasteiger partial charge is 0.495 e. The standard InChI is InChI=1S/C18H15ClF2N4O/c1-10-7-17(23-14-5-4-12(20)9-13(14)21)25-18(22-10)24-15-8-11(19)3-6-16(15)26-2/h3-9H,1-2H3,(H2,22,23,24,25). The summed E-state index contributed by atoms with van der Waals surface area (Å²) in [6.07, 6.45) is 0. The van der Waals surface area contributed by atoms with E-state index >= 15 is 0 Å². The van der Waals surface area contributed by atoms with E-state index in [4.69, 9.17) is 16.3 Å². The molecule has 0 radical (unpaired) electrons. The quantitative estimate of drug-likeness (QED) is 0.640. The Kier molecular flexibility index (Phi) is 5.18. The van der Waals surface area contributed by atoms with Crippen molar-refractivity contribution in [1.29, 1.82) is 0 Å². The first-order chi connectivity index (χ1) is 12.4. The van der Waals surface area contributed by atoms with Crippen molar-refractivity contribution in [2.75, 3.05) is 17.7 Å². The molecule has 0 atom stereocenters. The summed E-state index contributed by atoms with van der Waals surface area (Å²) in [6, 6.07) is 10.00. The maximum absolute atomic E-state index is 13.8. The van der Waals surface area contributed by atoms with Crippen molar-refractivity contribution in [3.8, 4) is 5.75 Å². The molecule has 0 unspecified atom stereocenters. The highest BCUT2D eigenvalue weighted by molar-refractivity contribution is 6.31. The molecular formula is C18H15ClF2N4O. The van der Waals surface area contributed by atoms with Crippen molar-refractivity contribution in [3.63, 3.8) is 0 Å². The van der Waals surface area contributed by atoms with Crippen LogP contribution in [0.3, 0.4) is 0 Å². The zero-order valence-electron chi connectivity index (χ0n) is 14.0. The number of nitrogens with one attached hydrogen (secondary N) is 2. The van der Waals surface area contributed by atoms with Gasteiger partial charge in [-0.15, -0.1) is 0 Å². The average Bonchev–Trinajstić information content (AvgIpc) is 2.57. The first-order valence-electron chi connectivity index (χ1n) is 7.63. The molecule has 0 saturated carbocycles. The molecule has 0 fully saturated rings. The number of anilines is 4. The fraction of sp³-hybridized carbons (Fsp3) is 0.111. The second-order valence-electron chi connectivity index (χ2n) is 5.44. The van der Waals surface area contributed by atoms with Crippen LogP contribution in [0.5, 0.6) is 5.75 Å². The average molecular weight is 377 g/mol. The molecule has 0 amide bonds. The molecule has 0 aliphatic rings. The Bertz CT molecular complexity index is 952. The molecule has 0 saturated heterocycles. The Balaban J connectivity index is 1.89. The molecule has 2 aromatic carbocycles. The summed E-state index contributed by atoms with van der Waals surface area (Å²) in [6.45, 7) is 1.77. The lowest BCUT2D eigenvalue weighted by Crippen LogP contribution is -2.04. The predicted molar refractivity (Wildman–Crippen MR) is 97.7 cm³/mol. The molecule has 1 heterocycles. The van der Waals surface area contributed by atoms with E-state index in [1.165, 1.54) is 13.2 Å². The SMILES string of the molecule is COc1ccc(Cl)cc1Nc1nc(C)cc(Nc2ccc(F)cc2F)n1. The van der Waals surface area contributed by atoms with E-state index in [1.54, 1.807) is 31.2 Å². The van der Waals surface area contributed by atoms with Crippen LogP contribution in [0.2, 0.25) is 5.02 Å². The van der Waals surface area contributed by atoms with Crippen LogP contribution < -0.4 is 15.4 Å². The summed E-state index contributed by atoms with van der Waals surface area (Å²) in [4.78, 5) is 8.60. The van der Waals surface area contributed by atoms with Crippen LogP contribution in [0.15, 0.2) is 42.5 Å². The monoisotopic (exact) mass is 376 g/mol. The minimum absolute atomic E-state index is 0.107. The number of halogens is 3. The first kappa shape index (κ1) is 17.9. The van der Waals surface area contributed by atoms with Crippen molar-refractivity contribution >= 4 is 34.7 Å². The normalized spacial score (nSPS) is 10.5. The van der Waals surface area contributed by atoms with Crippen LogP contribution in [0, 0.1) is 18.6 Å². The maximum Gasteiger partial charge on any atom is 0.229 e. The zero-order valence-corrected chi connectivity index (χ0v) is 14.7. The van der Waals surface area contributed by atoms with Crippen molar-refractivity contribution in [2.45, 2.75) is 6.92 Å². The van der Waals surface area contributed by atoms with Crippen LogP contribution >= 0.6 is 11.6 Å². The molecule has 3 rings (SSSR count). The summed E-state index contributed by atoms with van der Waals surface area (Å²) in [5.74, 6) is -0.171. The van der Waals surface area contributed by atoms with E-state index < -0.39 is 11.6 Å². The van der Waals surface area contributed by atoms with Gasteiger partial charge in [-0.25, -0.2) is 13.8 Å². The third kappa shape index (κ3) is 4.18. The van der Waals surface area contributed by atoms with Gasteiger partial charge in [-0.1, -0.05) is 11.6 Å². The number of aryl methyl sites for hydroxylation is 1. The van der Waals surface area contributed by atoms with Crippen LogP contribution in [0.25, 0.3) is 0 Å². The Morgan fingerprint density at radius 2 is 1.77 bits per heavy atom. The summed E-state index contributed by atoms with van der Waals surface area (Å²) in [5, 5.41) is 6.37. The van der Waals surface area contributed by atoms with Crippen molar-refractivity contribution in [2.24, 2.45) is 0 Å². The van der Waals surface area contributed by atoms with E-state index in [0.29, 0.717) is 28.0 Å². The molecule has 26 heavy (non-hydrogen) atoms. The van der Waals surface area contributed by atoms with Gasteiger partial charge < -0.3 is 15.4 Å². The van der Waals surface area contributed by atoms with Crippen molar-refractivity contribution in [1.82, 2.24) is 9.97 Å². The van der Waals surface area contributed by atoms with Gasteiger partial charge in [0.05, 0.1) is 18.5 Å². The predicted octanol–water partition coefficient (Wildman–Crippen LogP) is 5.21. The highest BCUT2D eigenvalue weighted by atomic mass is 35.5. The number of methoxy groups -OCH3 is 1. The van der Waals surface area contributed by atoms with E-state index in [9.17, 15) is 8.78 Å². The molecule has 0 aliphatic carbocycles. The fourth-order valence-electron chi connectivity index (χ4n) is 2.32. The van der Waals surface area contributed by atoms with Gasteiger partial charge in [0.1, 0.15) is 23.2 Å². The van der Waals surface area contributed by atoms with Gasteiger partial charge in [0.2, 0.25) is 5.95 Å². The second-order valence-corrected chi connectivity index (χ2v) is 5.87. The van der Waals surface area contributed by atoms with Crippen molar-refractivity contribution in [3.05, 3.63) is 64.8 Å². The Labute approximate surface area is 154 Å². The number of ether oxygens (including phenoxy) is 1. The molecule has 3 aromatic rings. The second kappa shape index (κ2) is 7.53. The summed E-state index contributed by atoms with van der Waals surface area (Å²) < 4.78 is 32.1. The van der Waals surface area contributed by atoms with Gasteiger partial charge in [-0.05, 0) is 37.3 Å². The van der Waals surface area contributed by atoms with Crippen LogP contribution in [0.1, 0.15) is 5.69 Å². The number of rotatable bonds is 5. The van der Waals surface area contributed by atoms with Gasteiger partial charge >= 0.3 is 0 Å². The minimum atomic E-state index is -0.715. The number of hydrogen-bond acceptors (Lipinski definition) is 5. The molecule has 1 aromatic heterocycles. The number of benzene rings is 2. The first-order valence-corrected chi connectivity index (χ1v) is 8.01. The van der Waals surface area contributed by atoms with Gasteiger partial charge in [0.15, 0.2) is 0 Å².